The second kappa shape index (κ2) is 6.23. The van der Waals surface area contributed by atoms with Gasteiger partial charge < -0.3 is 9.73 Å². The number of hydrogen-bond acceptors (Lipinski definition) is 2. The van der Waals surface area contributed by atoms with Gasteiger partial charge in [-0.2, -0.15) is 0 Å². The average molecular weight is 354 g/mol. The molecule has 128 valence electrons. The number of anilines is 1. The number of rotatable bonds is 3. The van der Waals surface area contributed by atoms with E-state index in [0.717, 1.165) is 40.5 Å². The van der Waals surface area contributed by atoms with Crippen molar-refractivity contribution in [1.82, 2.24) is 0 Å². The first kappa shape index (κ1) is 16.2. The van der Waals surface area contributed by atoms with Crippen LogP contribution in [0.15, 0.2) is 34.9 Å². The van der Waals surface area contributed by atoms with Crippen molar-refractivity contribution in [1.29, 1.82) is 0 Å². The van der Waals surface area contributed by atoms with Gasteiger partial charge in [-0.3, -0.25) is 4.79 Å². The Bertz CT molecular complexity index is 964. The highest BCUT2D eigenvalue weighted by molar-refractivity contribution is 6.34. The molecule has 0 unspecified atom stereocenters. The maximum absolute atomic E-state index is 12.5. The predicted octanol–water partition coefficient (Wildman–Crippen LogP) is 5.37. The summed E-state index contributed by atoms with van der Waals surface area (Å²) in [5.74, 6) is -0.0861. The maximum Gasteiger partial charge on any atom is 0.228 e. The van der Waals surface area contributed by atoms with Crippen LogP contribution in [-0.4, -0.2) is 5.91 Å². The Morgan fingerprint density at radius 1 is 1.16 bits per heavy atom. The first-order valence-electron chi connectivity index (χ1n) is 8.60. The molecule has 1 aliphatic rings. The molecule has 0 radical (unpaired) electrons. The Kier molecular flexibility index (Phi) is 4.04. The van der Waals surface area contributed by atoms with Crippen molar-refractivity contribution < 1.29 is 9.21 Å². The van der Waals surface area contributed by atoms with Crippen LogP contribution in [0.3, 0.4) is 0 Å². The number of aryl methyl sites for hydroxylation is 4. The van der Waals surface area contributed by atoms with E-state index in [0.29, 0.717) is 10.7 Å². The Hall–Kier alpha value is -2.26. The maximum atomic E-state index is 12.5. The van der Waals surface area contributed by atoms with E-state index in [2.05, 4.69) is 17.4 Å². The zero-order valence-corrected chi connectivity index (χ0v) is 15.2. The van der Waals surface area contributed by atoms with Crippen molar-refractivity contribution in [3.8, 4) is 0 Å². The van der Waals surface area contributed by atoms with Crippen molar-refractivity contribution in [2.45, 2.75) is 39.5 Å². The van der Waals surface area contributed by atoms with Gasteiger partial charge in [-0.25, -0.2) is 0 Å². The van der Waals surface area contributed by atoms with E-state index in [1.54, 1.807) is 6.26 Å². The van der Waals surface area contributed by atoms with Crippen LogP contribution in [0.1, 0.15) is 34.2 Å². The molecule has 3 nitrogen and oxygen atoms in total. The molecule has 2 aromatic carbocycles. The first-order chi connectivity index (χ1) is 12.0. The van der Waals surface area contributed by atoms with Crippen LogP contribution in [0.25, 0.3) is 11.0 Å². The van der Waals surface area contributed by atoms with Gasteiger partial charge in [0.05, 0.1) is 23.4 Å². The Morgan fingerprint density at radius 2 is 1.92 bits per heavy atom. The summed E-state index contributed by atoms with van der Waals surface area (Å²) in [5.41, 5.74) is 7.28. The van der Waals surface area contributed by atoms with Crippen molar-refractivity contribution in [2.24, 2.45) is 0 Å². The molecule has 0 spiro atoms. The number of halogens is 1. The average Bonchev–Trinajstić information content (AvgIpc) is 3.15. The summed E-state index contributed by atoms with van der Waals surface area (Å²) in [4.78, 5) is 12.5. The van der Waals surface area contributed by atoms with Crippen molar-refractivity contribution >= 4 is 34.2 Å². The fraction of sp³-hybridized carbons (Fsp3) is 0.286. The van der Waals surface area contributed by atoms with Crippen molar-refractivity contribution in [3.63, 3.8) is 0 Å². The lowest BCUT2D eigenvalue weighted by Crippen LogP contribution is -2.15. The highest BCUT2D eigenvalue weighted by Crippen LogP contribution is 2.31. The molecule has 3 aromatic rings. The summed E-state index contributed by atoms with van der Waals surface area (Å²) < 4.78 is 5.68. The van der Waals surface area contributed by atoms with Crippen molar-refractivity contribution in [2.75, 3.05) is 5.32 Å². The Labute approximate surface area is 152 Å². The number of furan rings is 1. The van der Waals surface area contributed by atoms with Crippen LogP contribution in [0.2, 0.25) is 5.02 Å². The topological polar surface area (TPSA) is 42.2 Å². The molecular weight excluding hydrogens is 334 g/mol. The van der Waals surface area contributed by atoms with Crippen molar-refractivity contribution in [3.05, 3.63) is 63.4 Å². The first-order valence-corrected chi connectivity index (χ1v) is 8.97. The smallest absolute Gasteiger partial charge is 0.228 e. The second-order valence-corrected chi connectivity index (χ2v) is 7.30. The number of carbonyl (C=O) groups excluding carboxylic acids is 1. The number of benzene rings is 2. The quantitative estimate of drug-likeness (QED) is 0.687. The lowest BCUT2D eigenvalue weighted by Gasteiger charge is -2.11. The van der Waals surface area contributed by atoms with E-state index in [1.165, 1.54) is 17.5 Å². The minimum absolute atomic E-state index is 0.0861. The van der Waals surface area contributed by atoms with Gasteiger partial charge in [0.25, 0.3) is 0 Å². The molecule has 1 N–H and O–H groups in total. The monoisotopic (exact) mass is 353 g/mol. The minimum atomic E-state index is -0.0861. The molecule has 1 amide bonds. The molecule has 0 atom stereocenters. The van der Waals surface area contributed by atoms with Crippen LogP contribution in [0.5, 0.6) is 0 Å². The Balaban J connectivity index is 1.58. The summed E-state index contributed by atoms with van der Waals surface area (Å²) in [5, 5.41) is 4.56. The zero-order valence-electron chi connectivity index (χ0n) is 14.4. The summed E-state index contributed by atoms with van der Waals surface area (Å²) >= 11 is 6.29. The van der Waals surface area contributed by atoms with Crippen LogP contribution in [-0.2, 0) is 24.1 Å². The molecule has 4 rings (SSSR count). The Morgan fingerprint density at radius 3 is 2.68 bits per heavy atom. The molecule has 1 heterocycles. The van der Waals surface area contributed by atoms with Gasteiger partial charge in [-0.05, 0) is 73.6 Å². The van der Waals surface area contributed by atoms with Gasteiger partial charge in [-0.15, -0.1) is 0 Å². The normalized spacial score (nSPS) is 13.2. The molecule has 0 bridgehead atoms. The van der Waals surface area contributed by atoms with Gasteiger partial charge in [0, 0.05) is 10.9 Å². The predicted molar refractivity (Wildman–Crippen MR) is 101 cm³/mol. The highest BCUT2D eigenvalue weighted by Gasteiger charge is 2.17. The molecule has 1 aromatic heterocycles. The number of fused-ring (bicyclic) bond motifs is 2. The molecule has 0 saturated carbocycles. The zero-order chi connectivity index (χ0) is 17.6. The standard InChI is InChI=1S/C21H20ClNO2/c1-12-6-13(2)21(18(22)7-12)23-20(24)10-16-11-25-19-9-15-5-3-4-14(15)8-17(16)19/h6-9,11H,3-5,10H2,1-2H3,(H,23,24). The summed E-state index contributed by atoms with van der Waals surface area (Å²) in [6.07, 6.45) is 5.40. The molecule has 0 fully saturated rings. The van der Waals surface area contributed by atoms with Gasteiger partial charge in [-0.1, -0.05) is 17.7 Å². The van der Waals surface area contributed by atoms with Gasteiger partial charge in [0.1, 0.15) is 5.58 Å². The third kappa shape index (κ3) is 3.05. The molecule has 4 heteroatoms. The highest BCUT2D eigenvalue weighted by atomic mass is 35.5. The molecule has 25 heavy (non-hydrogen) atoms. The van der Waals surface area contributed by atoms with Crippen LogP contribution in [0, 0.1) is 13.8 Å². The fourth-order valence-corrected chi connectivity index (χ4v) is 4.08. The number of nitrogens with one attached hydrogen (secondary N) is 1. The summed E-state index contributed by atoms with van der Waals surface area (Å²) in [6, 6.07) is 8.19. The molecule has 0 aliphatic heterocycles. The summed E-state index contributed by atoms with van der Waals surface area (Å²) in [6.45, 7) is 3.94. The van der Waals surface area contributed by atoms with Gasteiger partial charge >= 0.3 is 0 Å². The van der Waals surface area contributed by atoms with E-state index in [1.807, 2.05) is 26.0 Å². The molecule has 0 saturated heterocycles. The lowest BCUT2D eigenvalue weighted by atomic mass is 10.0. The molecule has 1 aliphatic carbocycles. The second-order valence-electron chi connectivity index (χ2n) is 6.90. The number of hydrogen-bond donors (Lipinski definition) is 1. The summed E-state index contributed by atoms with van der Waals surface area (Å²) in [7, 11) is 0. The lowest BCUT2D eigenvalue weighted by molar-refractivity contribution is -0.115. The van der Waals surface area contributed by atoms with Crippen LogP contribution < -0.4 is 5.32 Å². The minimum Gasteiger partial charge on any atom is -0.464 e. The van der Waals surface area contributed by atoms with E-state index in [-0.39, 0.29) is 12.3 Å². The third-order valence-corrected chi connectivity index (χ3v) is 5.21. The van der Waals surface area contributed by atoms with E-state index in [4.69, 9.17) is 16.0 Å². The van der Waals surface area contributed by atoms with Crippen LogP contribution in [0.4, 0.5) is 5.69 Å². The number of amides is 1. The van der Waals surface area contributed by atoms with Gasteiger partial charge in [0.15, 0.2) is 0 Å². The molecular formula is C21H20ClNO2. The van der Waals surface area contributed by atoms with E-state index in [9.17, 15) is 4.79 Å². The van der Waals surface area contributed by atoms with E-state index < -0.39 is 0 Å². The SMILES string of the molecule is Cc1cc(C)c(NC(=O)Cc2coc3cc4c(cc23)CCC4)c(Cl)c1. The largest absolute Gasteiger partial charge is 0.464 e. The third-order valence-electron chi connectivity index (χ3n) is 4.92. The number of carbonyl (C=O) groups is 1. The van der Waals surface area contributed by atoms with Gasteiger partial charge in [0.2, 0.25) is 5.91 Å². The van der Waals surface area contributed by atoms with E-state index >= 15 is 0 Å². The fourth-order valence-electron chi connectivity index (χ4n) is 3.72. The van der Waals surface area contributed by atoms with Crippen LogP contribution >= 0.6 is 11.6 Å².